The normalized spacial score (nSPS) is 10.5. The Kier molecular flexibility index (Phi) is 3.55. The first-order valence-corrected chi connectivity index (χ1v) is 5.72. The summed E-state index contributed by atoms with van der Waals surface area (Å²) in [6, 6.07) is 13.4. The van der Waals surface area contributed by atoms with Crippen LogP contribution in [0.2, 0.25) is 0 Å². The smallest absolute Gasteiger partial charge is 0.126 e. The van der Waals surface area contributed by atoms with Crippen LogP contribution >= 0.6 is 0 Å². The summed E-state index contributed by atoms with van der Waals surface area (Å²) < 4.78 is 13.1. The Morgan fingerprint density at radius 2 is 1.71 bits per heavy atom. The van der Waals surface area contributed by atoms with Crippen molar-refractivity contribution in [2.24, 2.45) is 5.73 Å². The number of benzene rings is 2. The molecule has 17 heavy (non-hydrogen) atoms. The van der Waals surface area contributed by atoms with E-state index in [1.165, 1.54) is 11.6 Å². The quantitative estimate of drug-likeness (QED) is 0.859. The maximum Gasteiger partial charge on any atom is 0.126 e. The number of aryl methyl sites for hydroxylation is 1. The van der Waals surface area contributed by atoms with Crippen molar-refractivity contribution < 1.29 is 4.39 Å². The molecule has 0 aliphatic heterocycles. The van der Waals surface area contributed by atoms with Crippen LogP contribution in [0.5, 0.6) is 0 Å². The first-order chi connectivity index (χ1) is 8.19. The molecule has 0 aliphatic rings. The van der Waals surface area contributed by atoms with Gasteiger partial charge in [0.1, 0.15) is 5.82 Å². The summed E-state index contributed by atoms with van der Waals surface area (Å²) in [6.45, 7) is 2.34. The van der Waals surface area contributed by atoms with Crippen LogP contribution in [0.15, 0.2) is 42.5 Å². The molecule has 2 rings (SSSR count). The third-order valence-corrected chi connectivity index (χ3v) is 2.86. The summed E-state index contributed by atoms with van der Waals surface area (Å²) in [7, 11) is 0. The Bertz CT molecular complexity index is 520. The zero-order chi connectivity index (χ0) is 12.3. The molecule has 0 bridgehead atoms. The third-order valence-electron chi connectivity index (χ3n) is 2.86. The lowest BCUT2D eigenvalue weighted by Crippen LogP contribution is -1.97. The van der Waals surface area contributed by atoms with Gasteiger partial charge in [0, 0.05) is 6.54 Å². The van der Waals surface area contributed by atoms with Crippen LogP contribution in [0.3, 0.4) is 0 Å². The molecule has 2 aromatic carbocycles. The van der Waals surface area contributed by atoms with Gasteiger partial charge in [-0.1, -0.05) is 36.4 Å². The topological polar surface area (TPSA) is 26.0 Å². The van der Waals surface area contributed by atoms with E-state index in [1.807, 2.05) is 24.3 Å². The Morgan fingerprint density at radius 3 is 2.41 bits per heavy atom. The molecule has 88 valence electrons. The molecule has 0 aliphatic carbocycles. The van der Waals surface area contributed by atoms with Crippen molar-refractivity contribution in [3.63, 3.8) is 0 Å². The maximum atomic E-state index is 13.1. The minimum Gasteiger partial charge on any atom is -0.326 e. The molecule has 0 amide bonds. The lowest BCUT2D eigenvalue weighted by Gasteiger charge is -2.05. The highest BCUT2D eigenvalue weighted by Gasteiger charge is 2.01. The fraction of sp³-hybridized carbons (Fsp3) is 0.200. The van der Waals surface area contributed by atoms with Gasteiger partial charge in [-0.15, -0.1) is 0 Å². The third kappa shape index (κ3) is 2.92. The van der Waals surface area contributed by atoms with Crippen molar-refractivity contribution in [3.05, 3.63) is 70.5 Å². The maximum absolute atomic E-state index is 13.1. The van der Waals surface area contributed by atoms with Crippen LogP contribution < -0.4 is 5.73 Å². The molecule has 0 atom stereocenters. The van der Waals surface area contributed by atoms with Crippen LogP contribution in [-0.4, -0.2) is 0 Å². The fourth-order valence-electron chi connectivity index (χ4n) is 1.92. The zero-order valence-corrected chi connectivity index (χ0v) is 9.91. The van der Waals surface area contributed by atoms with Crippen molar-refractivity contribution in [2.45, 2.75) is 19.9 Å². The Hall–Kier alpha value is -1.67. The molecule has 0 heterocycles. The second-order valence-electron chi connectivity index (χ2n) is 4.28. The molecule has 2 N–H and O–H groups in total. The van der Waals surface area contributed by atoms with E-state index in [2.05, 4.69) is 12.1 Å². The van der Waals surface area contributed by atoms with Crippen LogP contribution in [0.4, 0.5) is 4.39 Å². The predicted molar refractivity (Wildman–Crippen MR) is 68.3 cm³/mol. The SMILES string of the molecule is Cc1cc(Cc2cccc(CN)c2)ccc1F. The van der Waals surface area contributed by atoms with E-state index in [0.29, 0.717) is 12.1 Å². The number of halogens is 1. The van der Waals surface area contributed by atoms with Crippen molar-refractivity contribution in [2.75, 3.05) is 0 Å². The zero-order valence-electron chi connectivity index (χ0n) is 9.91. The van der Waals surface area contributed by atoms with Gasteiger partial charge in [-0.3, -0.25) is 0 Å². The first kappa shape index (κ1) is 11.8. The lowest BCUT2D eigenvalue weighted by molar-refractivity contribution is 0.618. The van der Waals surface area contributed by atoms with E-state index >= 15 is 0 Å². The Morgan fingerprint density at radius 1 is 1.00 bits per heavy atom. The summed E-state index contributed by atoms with van der Waals surface area (Å²) >= 11 is 0. The Balaban J connectivity index is 2.22. The molecule has 2 heteroatoms. The summed E-state index contributed by atoms with van der Waals surface area (Å²) in [5.41, 5.74) is 9.76. The van der Waals surface area contributed by atoms with Gasteiger partial charge in [-0.2, -0.15) is 0 Å². The average Bonchev–Trinajstić information content (AvgIpc) is 2.34. The second kappa shape index (κ2) is 5.11. The van der Waals surface area contributed by atoms with Gasteiger partial charge in [0.15, 0.2) is 0 Å². The molecular weight excluding hydrogens is 213 g/mol. The van der Waals surface area contributed by atoms with Crippen LogP contribution in [0.25, 0.3) is 0 Å². The van der Waals surface area contributed by atoms with Crippen LogP contribution in [0, 0.1) is 12.7 Å². The van der Waals surface area contributed by atoms with Crippen molar-refractivity contribution in [1.82, 2.24) is 0 Å². The van der Waals surface area contributed by atoms with Gasteiger partial charge in [-0.25, -0.2) is 4.39 Å². The molecule has 0 unspecified atom stereocenters. The van der Waals surface area contributed by atoms with Gasteiger partial charge >= 0.3 is 0 Å². The molecule has 1 nitrogen and oxygen atoms in total. The van der Waals surface area contributed by atoms with E-state index < -0.39 is 0 Å². The standard InChI is InChI=1S/C15H16FN/c1-11-7-13(5-6-15(11)16)8-12-3-2-4-14(9-12)10-17/h2-7,9H,8,10,17H2,1H3. The molecule has 0 saturated heterocycles. The second-order valence-corrected chi connectivity index (χ2v) is 4.28. The fourth-order valence-corrected chi connectivity index (χ4v) is 1.92. The number of rotatable bonds is 3. The molecule has 2 aromatic rings. The predicted octanol–water partition coefficient (Wildman–Crippen LogP) is 3.18. The van der Waals surface area contributed by atoms with Crippen molar-refractivity contribution in [1.29, 1.82) is 0 Å². The lowest BCUT2D eigenvalue weighted by atomic mass is 10.0. The molecule has 0 radical (unpaired) electrons. The number of nitrogens with two attached hydrogens (primary N) is 1. The van der Waals surface area contributed by atoms with Crippen LogP contribution in [-0.2, 0) is 13.0 Å². The van der Waals surface area contributed by atoms with Gasteiger partial charge < -0.3 is 5.73 Å². The Labute approximate surface area is 101 Å². The highest BCUT2D eigenvalue weighted by molar-refractivity contribution is 5.31. The van der Waals surface area contributed by atoms with Crippen molar-refractivity contribution in [3.8, 4) is 0 Å². The van der Waals surface area contributed by atoms with E-state index in [0.717, 1.165) is 17.5 Å². The average molecular weight is 229 g/mol. The number of hydrogen-bond acceptors (Lipinski definition) is 1. The van der Waals surface area contributed by atoms with Gasteiger partial charge in [0.05, 0.1) is 0 Å². The monoisotopic (exact) mass is 229 g/mol. The minimum absolute atomic E-state index is 0.149. The van der Waals surface area contributed by atoms with Gasteiger partial charge in [0.25, 0.3) is 0 Å². The first-order valence-electron chi connectivity index (χ1n) is 5.72. The molecular formula is C15H16FN. The highest BCUT2D eigenvalue weighted by atomic mass is 19.1. The summed E-state index contributed by atoms with van der Waals surface area (Å²) in [4.78, 5) is 0. The molecule has 0 aromatic heterocycles. The molecule has 0 spiro atoms. The molecule has 0 fully saturated rings. The number of hydrogen-bond donors (Lipinski definition) is 1. The summed E-state index contributed by atoms with van der Waals surface area (Å²) in [5.74, 6) is -0.149. The van der Waals surface area contributed by atoms with Crippen LogP contribution in [0.1, 0.15) is 22.3 Å². The summed E-state index contributed by atoms with van der Waals surface area (Å²) in [6.07, 6.45) is 0.814. The van der Waals surface area contributed by atoms with E-state index in [4.69, 9.17) is 5.73 Å². The van der Waals surface area contributed by atoms with E-state index in [9.17, 15) is 4.39 Å². The largest absolute Gasteiger partial charge is 0.326 e. The van der Waals surface area contributed by atoms with E-state index in [-0.39, 0.29) is 5.82 Å². The van der Waals surface area contributed by atoms with Crippen molar-refractivity contribution >= 4 is 0 Å². The van der Waals surface area contributed by atoms with Gasteiger partial charge in [0.2, 0.25) is 0 Å². The van der Waals surface area contributed by atoms with E-state index in [1.54, 1.807) is 6.92 Å². The highest BCUT2D eigenvalue weighted by Crippen LogP contribution is 2.14. The minimum atomic E-state index is -0.149. The molecule has 0 saturated carbocycles. The summed E-state index contributed by atoms with van der Waals surface area (Å²) in [5, 5.41) is 0. The van der Waals surface area contributed by atoms with Gasteiger partial charge in [-0.05, 0) is 41.7 Å².